The number of rotatable bonds is 2. The summed E-state index contributed by atoms with van der Waals surface area (Å²) < 4.78 is 0. The Bertz CT molecular complexity index is 816. The van der Waals surface area contributed by atoms with Gasteiger partial charge >= 0.3 is 0 Å². The molecule has 7 nitrogen and oxygen atoms in total. The minimum atomic E-state index is -0.0570. The molecule has 0 aromatic carbocycles. The van der Waals surface area contributed by atoms with E-state index in [0.29, 0.717) is 18.8 Å². The van der Waals surface area contributed by atoms with Crippen LogP contribution in [0.25, 0.3) is 0 Å². The van der Waals surface area contributed by atoms with Gasteiger partial charge in [0.25, 0.3) is 5.91 Å². The summed E-state index contributed by atoms with van der Waals surface area (Å²) in [6.07, 6.45) is 4.92. The lowest BCUT2D eigenvalue weighted by Gasteiger charge is -2.28. The molecule has 1 amide bonds. The van der Waals surface area contributed by atoms with Crippen molar-refractivity contribution in [3.63, 3.8) is 0 Å². The predicted molar refractivity (Wildman–Crippen MR) is 97.7 cm³/mol. The first-order valence-corrected chi connectivity index (χ1v) is 9.35. The van der Waals surface area contributed by atoms with Crippen molar-refractivity contribution in [2.75, 3.05) is 13.1 Å². The average molecular weight is 354 g/mol. The predicted octanol–water partition coefficient (Wildman–Crippen LogP) is 2.12. The molecule has 0 bridgehead atoms. The molecule has 1 unspecified atom stereocenters. The van der Waals surface area contributed by atoms with Crippen molar-refractivity contribution in [2.45, 2.75) is 58.0 Å². The van der Waals surface area contributed by atoms with Gasteiger partial charge in [0.15, 0.2) is 0 Å². The number of hydrogen-bond acceptors (Lipinski definition) is 5. The van der Waals surface area contributed by atoms with E-state index in [4.69, 9.17) is 4.98 Å². The average Bonchev–Trinajstić information content (AvgIpc) is 3.31. The van der Waals surface area contributed by atoms with E-state index in [1.54, 1.807) is 0 Å². The highest BCUT2D eigenvalue weighted by Gasteiger charge is 2.27. The first-order chi connectivity index (χ1) is 12.4. The van der Waals surface area contributed by atoms with Gasteiger partial charge < -0.3 is 10.2 Å². The van der Waals surface area contributed by atoms with Crippen LogP contribution in [0, 0.1) is 0 Å². The topological polar surface area (TPSA) is 86.8 Å². The summed E-state index contributed by atoms with van der Waals surface area (Å²) in [6, 6.07) is 2.14. The van der Waals surface area contributed by atoms with E-state index in [1.807, 2.05) is 17.2 Å². The Labute approximate surface area is 153 Å². The van der Waals surface area contributed by atoms with Crippen molar-refractivity contribution in [2.24, 2.45) is 0 Å². The highest BCUT2D eigenvalue weighted by Crippen LogP contribution is 2.25. The number of amides is 1. The highest BCUT2D eigenvalue weighted by atomic mass is 16.2. The second-order valence-electron chi connectivity index (χ2n) is 8.24. The third-order valence-corrected chi connectivity index (χ3v) is 5.22. The van der Waals surface area contributed by atoms with Gasteiger partial charge in [-0.2, -0.15) is 5.10 Å². The molecule has 0 radical (unpaired) electrons. The minimum absolute atomic E-state index is 0.0380. The van der Waals surface area contributed by atoms with E-state index in [9.17, 15) is 4.79 Å². The number of fused-ring (bicyclic) bond motifs is 1. The second kappa shape index (κ2) is 6.46. The summed E-state index contributed by atoms with van der Waals surface area (Å²) in [5, 5.41) is 10.7. The summed E-state index contributed by atoms with van der Waals surface area (Å²) in [5.74, 6) is 0.854. The first-order valence-electron chi connectivity index (χ1n) is 9.35. The van der Waals surface area contributed by atoms with Gasteiger partial charge in [0.05, 0.1) is 11.7 Å². The number of nitrogens with one attached hydrogen (secondary N) is 2. The van der Waals surface area contributed by atoms with Crippen LogP contribution in [-0.2, 0) is 18.4 Å². The number of carbonyl (C=O) groups excluding carboxylic acids is 1. The number of aromatic nitrogens is 4. The van der Waals surface area contributed by atoms with Crippen LogP contribution in [-0.4, -0.2) is 44.1 Å². The number of H-pyrrole nitrogens is 1. The van der Waals surface area contributed by atoms with Crippen molar-refractivity contribution in [1.82, 2.24) is 30.4 Å². The van der Waals surface area contributed by atoms with E-state index in [2.05, 4.69) is 41.3 Å². The maximum absolute atomic E-state index is 12.8. The van der Waals surface area contributed by atoms with Crippen LogP contribution >= 0.6 is 0 Å². The minimum Gasteiger partial charge on any atom is -0.332 e. The first kappa shape index (κ1) is 17.1. The molecule has 2 N–H and O–H groups in total. The van der Waals surface area contributed by atoms with Crippen LogP contribution in [0.1, 0.15) is 72.9 Å². The van der Waals surface area contributed by atoms with E-state index >= 15 is 0 Å². The lowest BCUT2D eigenvalue weighted by Crippen LogP contribution is -2.37. The molecule has 1 fully saturated rings. The van der Waals surface area contributed by atoms with Gasteiger partial charge in [0, 0.05) is 42.4 Å². The monoisotopic (exact) mass is 354 g/mol. The summed E-state index contributed by atoms with van der Waals surface area (Å²) in [4.78, 5) is 24.0. The maximum Gasteiger partial charge on any atom is 0.274 e. The Balaban J connectivity index is 1.49. The van der Waals surface area contributed by atoms with Gasteiger partial charge in [-0.25, -0.2) is 9.97 Å². The molecule has 1 saturated heterocycles. The van der Waals surface area contributed by atoms with E-state index in [0.717, 1.165) is 42.2 Å². The van der Waals surface area contributed by atoms with E-state index < -0.39 is 0 Å². The molecule has 0 spiro atoms. The van der Waals surface area contributed by atoms with Crippen LogP contribution in [0.3, 0.4) is 0 Å². The van der Waals surface area contributed by atoms with Crippen LogP contribution in [0.2, 0.25) is 0 Å². The van der Waals surface area contributed by atoms with Gasteiger partial charge in [-0.05, 0) is 25.5 Å². The van der Waals surface area contributed by atoms with E-state index in [-0.39, 0.29) is 17.4 Å². The molecule has 2 aliphatic rings. The molecule has 2 aliphatic heterocycles. The molecule has 4 rings (SSSR count). The van der Waals surface area contributed by atoms with Gasteiger partial charge in [0.1, 0.15) is 11.5 Å². The fourth-order valence-electron chi connectivity index (χ4n) is 3.56. The third-order valence-electron chi connectivity index (χ3n) is 5.22. The number of hydrogen-bond donors (Lipinski definition) is 2. The molecule has 4 heterocycles. The molecule has 2 aromatic heterocycles. The fourth-order valence-corrected chi connectivity index (χ4v) is 3.56. The number of aromatic amines is 1. The molecule has 26 heavy (non-hydrogen) atoms. The summed E-state index contributed by atoms with van der Waals surface area (Å²) >= 11 is 0. The van der Waals surface area contributed by atoms with Gasteiger partial charge in [-0.3, -0.25) is 9.89 Å². The van der Waals surface area contributed by atoms with Crippen LogP contribution in [0.15, 0.2) is 12.3 Å². The molecule has 0 aliphatic carbocycles. The third kappa shape index (κ3) is 3.23. The number of carbonyl (C=O) groups is 1. The van der Waals surface area contributed by atoms with Crippen molar-refractivity contribution in [3.8, 4) is 0 Å². The fraction of sp³-hybridized carbons (Fsp3) is 0.579. The normalized spacial score (nSPS) is 20.3. The van der Waals surface area contributed by atoms with Gasteiger partial charge in [0.2, 0.25) is 0 Å². The Morgan fingerprint density at radius 1 is 1.35 bits per heavy atom. The highest BCUT2D eigenvalue weighted by molar-refractivity contribution is 5.92. The molecular formula is C19H26N6O. The van der Waals surface area contributed by atoms with Crippen molar-refractivity contribution in [1.29, 1.82) is 0 Å². The maximum atomic E-state index is 12.8. The summed E-state index contributed by atoms with van der Waals surface area (Å²) in [5.41, 5.74) is 3.50. The zero-order chi connectivity index (χ0) is 18.3. The lowest BCUT2D eigenvalue weighted by molar-refractivity contribution is 0.0727. The zero-order valence-electron chi connectivity index (χ0n) is 15.7. The second-order valence-corrected chi connectivity index (χ2v) is 8.24. The summed E-state index contributed by atoms with van der Waals surface area (Å²) in [7, 11) is 0. The zero-order valence-corrected chi connectivity index (χ0v) is 15.7. The molecular weight excluding hydrogens is 328 g/mol. The van der Waals surface area contributed by atoms with Gasteiger partial charge in [-0.1, -0.05) is 20.8 Å². The Kier molecular flexibility index (Phi) is 4.26. The lowest BCUT2D eigenvalue weighted by atomic mass is 9.92. The molecule has 0 saturated carbocycles. The Morgan fingerprint density at radius 2 is 2.19 bits per heavy atom. The van der Waals surface area contributed by atoms with Crippen molar-refractivity contribution in [3.05, 3.63) is 40.7 Å². The SMILES string of the molecule is CC(C)(C)c1cc(C(=O)N2CCc3nc(C4CCCN4)ncc3C2)n[nH]1. The van der Waals surface area contributed by atoms with Crippen LogP contribution in [0.5, 0.6) is 0 Å². The Hall–Kier alpha value is -2.28. The standard InChI is InChI=1S/C19H26N6O/c1-19(2,3)16-9-15(23-24-16)18(26)25-8-6-13-12(11-25)10-21-17(22-13)14-5-4-7-20-14/h9-10,14,20H,4-8,11H2,1-3H3,(H,23,24). The quantitative estimate of drug-likeness (QED) is 0.863. The largest absolute Gasteiger partial charge is 0.332 e. The smallest absolute Gasteiger partial charge is 0.274 e. The molecule has 2 aromatic rings. The van der Waals surface area contributed by atoms with Gasteiger partial charge in [-0.15, -0.1) is 0 Å². The molecule has 138 valence electrons. The molecule has 1 atom stereocenters. The van der Waals surface area contributed by atoms with Crippen molar-refractivity contribution >= 4 is 5.91 Å². The van der Waals surface area contributed by atoms with Crippen molar-refractivity contribution < 1.29 is 4.79 Å². The summed E-state index contributed by atoms with van der Waals surface area (Å²) in [6.45, 7) is 8.54. The number of nitrogens with zero attached hydrogens (tertiary/aromatic N) is 4. The molecule has 7 heteroatoms. The Morgan fingerprint density at radius 3 is 2.88 bits per heavy atom. The van der Waals surface area contributed by atoms with Crippen LogP contribution < -0.4 is 5.32 Å². The van der Waals surface area contributed by atoms with E-state index in [1.165, 1.54) is 6.42 Å². The van der Waals surface area contributed by atoms with Crippen LogP contribution in [0.4, 0.5) is 0 Å².